The number of imidazole rings is 1. The summed E-state index contributed by atoms with van der Waals surface area (Å²) in [6.45, 7) is 3.36. The lowest BCUT2D eigenvalue weighted by Gasteiger charge is -2.25. The van der Waals surface area contributed by atoms with Crippen molar-refractivity contribution in [3.8, 4) is 0 Å². The molecule has 1 aliphatic heterocycles. The molecule has 3 aromatic rings. The molecular formula is C21H22BrN3O2. The van der Waals surface area contributed by atoms with Crippen molar-refractivity contribution in [2.24, 2.45) is 0 Å². The van der Waals surface area contributed by atoms with E-state index in [0.717, 1.165) is 40.5 Å². The summed E-state index contributed by atoms with van der Waals surface area (Å²) in [5.74, 6) is 0.00141. The fraction of sp³-hybridized carbons (Fsp3) is 0.333. The van der Waals surface area contributed by atoms with Gasteiger partial charge in [0.15, 0.2) is 0 Å². The van der Waals surface area contributed by atoms with Gasteiger partial charge in [0.25, 0.3) is 0 Å². The second kappa shape index (κ2) is 7.35. The average molecular weight is 428 g/mol. The van der Waals surface area contributed by atoms with Crippen LogP contribution in [0.15, 0.2) is 57.8 Å². The van der Waals surface area contributed by atoms with E-state index in [0.29, 0.717) is 6.54 Å². The molecule has 0 saturated carbocycles. The van der Waals surface area contributed by atoms with Crippen LogP contribution in [0.25, 0.3) is 11.0 Å². The number of carbonyl (C=O) groups excluding carboxylic acids is 1. The summed E-state index contributed by atoms with van der Waals surface area (Å²) in [4.78, 5) is 27.8. The first-order chi connectivity index (χ1) is 13.1. The van der Waals surface area contributed by atoms with E-state index in [2.05, 4.69) is 28.1 Å². The zero-order valence-electron chi connectivity index (χ0n) is 15.3. The van der Waals surface area contributed by atoms with E-state index in [-0.39, 0.29) is 24.2 Å². The van der Waals surface area contributed by atoms with Gasteiger partial charge in [0, 0.05) is 17.6 Å². The van der Waals surface area contributed by atoms with Crippen LogP contribution in [-0.2, 0) is 17.9 Å². The zero-order valence-corrected chi connectivity index (χ0v) is 16.9. The Labute approximate surface area is 166 Å². The molecule has 2 aromatic carbocycles. The lowest BCUT2D eigenvalue weighted by Crippen LogP contribution is -2.36. The summed E-state index contributed by atoms with van der Waals surface area (Å²) in [5.41, 5.74) is 2.72. The molecule has 1 fully saturated rings. The molecule has 5 nitrogen and oxygen atoms in total. The number of aryl methyl sites for hydroxylation is 1. The number of amides is 1. The van der Waals surface area contributed by atoms with Gasteiger partial charge in [-0.15, -0.1) is 0 Å². The molecule has 6 heteroatoms. The predicted octanol–water partition coefficient (Wildman–Crippen LogP) is 3.95. The van der Waals surface area contributed by atoms with Crippen molar-refractivity contribution in [3.63, 3.8) is 0 Å². The number of fused-ring (bicyclic) bond motifs is 1. The van der Waals surface area contributed by atoms with Crippen LogP contribution in [-0.4, -0.2) is 26.5 Å². The summed E-state index contributed by atoms with van der Waals surface area (Å²) in [7, 11) is 0. The molecule has 0 radical (unpaired) electrons. The highest BCUT2D eigenvalue weighted by molar-refractivity contribution is 9.10. The number of para-hydroxylation sites is 2. The van der Waals surface area contributed by atoms with Gasteiger partial charge in [-0.1, -0.05) is 40.2 Å². The van der Waals surface area contributed by atoms with E-state index in [1.807, 2.05) is 48.2 Å². The lowest BCUT2D eigenvalue weighted by molar-refractivity contribution is -0.132. The van der Waals surface area contributed by atoms with Crippen LogP contribution in [0.1, 0.15) is 31.4 Å². The number of likely N-dealkylation sites (tertiary alicyclic amines) is 1. The summed E-state index contributed by atoms with van der Waals surface area (Å²) >= 11 is 3.46. The molecule has 1 atom stereocenters. The Morgan fingerprint density at radius 3 is 2.41 bits per heavy atom. The van der Waals surface area contributed by atoms with Gasteiger partial charge in [0.05, 0.1) is 17.1 Å². The molecule has 0 aliphatic carbocycles. The Hall–Kier alpha value is -2.34. The molecule has 1 aromatic heterocycles. The Balaban J connectivity index is 1.64. The Morgan fingerprint density at radius 1 is 1.07 bits per heavy atom. The van der Waals surface area contributed by atoms with Crippen molar-refractivity contribution in [2.45, 2.75) is 38.9 Å². The third kappa shape index (κ3) is 3.23. The number of hydrogen-bond acceptors (Lipinski definition) is 2. The van der Waals surface area contributed by atoms with E-state index in [1.54, 1.807) is 9.13 Å². The minimum Gasteiger partial charge on any atom is -0.334 e. The van der Waals surface area contributed by atoms with E-state index in [9.17, 15) is 9.59 Å². The van der Waals surface area contributed by atoms with E-state index in [4.69, 9.17) is 0 Å². The van der Waals surface area contributed by atoms with Crippen LogP contribution < -0.4 is 5.69 Å². The summed E-state index contributed by atoms with van der Waals surface area (Å²) in [6.07, 6.45) is 1.94. The maximum absolute atomic E-state index is 13.1. The number of benzene rings is 2. The molecule has 1 amide bonds. The number of halogens is 1. The maximum Gasteiger partial charge on any atom is 0.329 e. The molecule has 0 bridgehead atoms. The van der Waals surface area contributed by atoms with Gasteiger partial charge < -0.3 is 4.90 Å². The smallest absolute Gasteiger partial charge is 0.329 e. The minimum atomic E-state index is -0.119. The van der Waals surface area contributed by atoms with Crippen LogP contribution >= 0.6 is 15.9 Å². The summed E-state index contributed by atoms with van der Waals surface area (Å²) in [6, 6.07) is 15.9. The fourth-order valence-electron chi connectivity index (χ4n) is 4.05. The molecular weight excluding hydrogens is 406 g/mol. The highest BCUT2D eigenvalue weighted by atomic mass is 79.9. The molecule has 2 heterocycles. The highest BCUT2D eigenvalue weighted by Gasteiger charge is 2.30. The van der Waals surface area contributed by atoms with Gasteiger partial charge in [-0.3, -0.25) is 13.9 Å². The summed E-state index contributed by atoms with van der Waals surface area (Å²) < 4.78 is 4.36. The second-order valence-electron chi connectivity index (χ2n) is 6.90. The van der Waals surface area contributed by atoms with Crippen LogP contribution in [0, 0.1) is 0 Å². The molecule has 4 rings (SSSR count). The van der Waals surface area contributed by atoms with Crippen molar-refractivity contribution < 1.29 is 4.79 Å². The highest BCUT2D eigenvalue weighted by Crippen LogP contribution is 2.32. The monoisotopic (exact) mass is 427 g/mol. The largest absolute Gasteiger partial charge is 0.334 e. The predicted molar refractivity (Wildman–Crippen MR) is 110 cm³/mol. The van der Waals surface area contributed by atoms with Crippen LogP contribution in [0.4, 0.5) is 0 Å². The molecule has 0 N–H and O–H groups in total. The molecule has 1 saturated heterocycles. The summed E-state index contributed by atoms with van der Waals surface area (Å²) in [5, 5.41) is 0. The van der Waals surface area contributed by atoms with Gasteiger partial charge >= 0.3 is 5.69 Å². The first kappa shape index (κ1) is 18.0. The number of nitrogens with zero attached hydrogens (tertiary/aromatic N) is 3. The maximum atomic E-state index is 13.1. The van der Waals surface area contributed by atoms with Crippen molar-refractivity contribution >= 4 is 32.9 Å². The van der Waals surface area contributed by atoms with Crippen LogP contribution in [0.2, 0.25) is 0 Å². The van der Waals surface area contributed by atoms with Gasteiger partial charge in [-0.25, -0.2) is 4.79 Å². The van der Waals surface area contributed by atoms with Gasteiger partial charge in [-0.2, -0.15) is 0 Å². The Bertz CT molecular complexity index is 1040. The third-order valence-corrected chi connectivity index (χ3v) is 5.89. The lowest BCUT2D eigenvalue weighted by atomic mass is 10.0. The van der Waals surface area contributed by atoms with Gasteiger partial charge in [0.2, 0.25) is 5.91 Å². The first-order valence-corrected chi connectivity index (χ1v) is 10.1. The normalized spacial score (nSPS) is 17.0. The number of hydrogen-bond donors (Lipinski definition) is 0. The standard InChI is InChI=1S/C21H22BrN3O2/c1-2-23-18-6-3-4-7-19(18)25(21(23)27)14-20(26)24-13-5-8-17(24)15-9-11-16(22)12-10-15/h3-4,6-7,9-12,17H,2,5,8,13-14H2,1H3. The number of rotatable bonds is 4. The minimum absolute atomic E-state index is 0.00141. The van der Waals surface area contributed by atoms with Gasteiger partial charge in [0.1, 0.15) is 6.54 Å². The number of carbonyl (C=O) groups is 1. The van der Waals surface area contributed by atoms with E-state index in [1.165, 1.54) is 0 Å². The molecule has 0 spiro atoms. The van der Waals surface area contributed by atoms with E-state index >= 15 is 0 Å². The van der Waals surface area contributed by atoms with Gasteiger partial charge in [-0.05, 0) is 49.6 Å². The first-order valence-electron chi connectivity index (χ1n) is 9.33. The topological polar surface area (TPSA) is 47.2 Å². The van der Waals surface area contributed by atoms with E-state index < -0.39 is 0 Å². The molecule has 1 unspecified atom stereocenters. The average Bonchev–Trinajstić information content (AvgIpc) is 3.26. The number of aromatic nitrogens is 2. The molecule has 140 valence electrons. The van der Waals surface area contributed by atoms with Crippen molar-refractivity contribution in [1.29, 1.82) is 0 Å². The molecule has 1 aliphatic rings. The SMILES string of the molecule is CCn1c(=O)n(CC(=O)N2CCCC2c2ccc(Br)cc2)c2ccccc21. The van der Waals surface area contributed by atoms with Crippen molar-refractivity contribution in [2.75, 3.05) is 6.54 Å². The zero-order chi connectivity index (χ0) is 19.0. The Morgan fingerprint density at radius 2 is 1.74 bits per heavy atom. The fourth-order valence-corrected chi connectivity index (χ4v) is 4.32. The Kier molecular flexibility index (Phi) is 4.91. The second-order valence-corrected chi connectivity index (χ2v) is 7.81. The van der Waals surface area contributed by atoms with Crippen LogP contribution in [0.3, 0.4) is 0 Å². The van der Waals surface area contributed by atoms with Crippen LogP contribution in [0.5, 0.6) is 0 Å². The quantitative estimate of drug-likeness (QED) is 0.632. The third-order valence-electron chi connectivity index (χ3n) is 5.36. The van der Waals surface area contributed by atoms with Crippen molar-refractivity contribution in [1.82, 2.24) is 14.0 Å². The van der Waals surface area contributed by atoms with Crippen molar-refractivity contribution in [3.05, 3.63) is 69.1 Å². The molecule has 27 heavy (non-hydrogen) atoms.